The Morgan fingerprint density at radius 2 is 0.579 bits per heavy atom. The topological polar surface area (TPSA) is 9.86 Å². The SMILES string of the molecule is c1ccc(C(c2ccccc2)(c2ccccc2)c2ccc3c(c2)c2ccccc2n3-c2ccc(-c3ccc(-n4c5ccccc5c5ccccc54)cc3)cc2)cc1. The van der Waals surface area contributed by atoms with E-state index in [9.17, 15) is 0 Å². The molecular formula is C55H38N2. The highest BCUT2D eigenvalue weighted by molar-refractivity contribution is 6.10. The van der Waals surface area contributed by atoms with Crippen molar-refractivity contribution in [2.75, 3.05) is 0 Å². The highest BCUT2D eigenvalue weighted by Crippen LogP contribution is 2.47. The van der Waals surface area contributed by atoms with Crippen molar-refractivity contribution in [3.8, 4) is 22.5 Å². The average molecular weight is 727 g/mol. The van der Waals surface area contributed by atoms with Gasteiger partial charge in [0.05, 0.1) is 27.5 Å². The van der Waals surface area contributed by atoms with Crippen LogP contribution in [-0.2, 0) is 5.41 Å². The molecule has 0 radical (unpaired) electrons. The van der Waals surface area contributed by atoms with Crippen LogP contribution < -0.4 is 0 Å². The van der Waals surface area contributed by atoms with E-state index in [1.807, 2.05) is 0 Å². The van der Waals surface area contributed by atoms with Crippen LogP contribution in [0.15, 0.2) is 231 Å². The van der Waals surface area contributed by atoms with E-state index in [-0.39, 0.29) is 0 Å². The number of nitrogens with zero attached hydrogens (tertiary/aromatic N) is 2. The van der Waals surface area contributed by atoms with Crippen molar-refractivity contribution >= 4 is 43.6 Å². The molecule has 9 aromatic carbocycles. The molecule has 0 aliphatic carbocycles. The van der Waals surface area contributed by atoms with Crippen LogP contribution in [0.1, 0.15) is 22.3 Å². The summed E-state index contributed by atoms with van der Waals surface area (Å²) in [5.74, 6) is 0. The molecule has 0 aliphatic rings. The van der Waals surface area contributed by atoms with E-state index in [0.29, 0.717) is 0 Å². The van der Waals surface area contributed by atoms with Crippen molar-refractivity contribution in [1.82, 2.24) is 9.13 Å². The Kier molecular flexibility index (Phi) is 7.75. The van der Waals surface area contributed by atoms with Gasteiger partial charge >= 0.3 is 0 Å². The summed E-state index contributed by atoms with van der Waals surface area (Å²) in [7, 11) is 0. The smallest absolute Gasteiger partial charge is 0.0701 e. The second-order valence-electron chi connectivity index (χ2n) is 14.9. The van der Waals surface area contributed by atoms with Gasteiger partial charge in [0.1, 0.15) is 0 Å². The molecule has 2 aromatic heterocycles. The van der Waals surface area contributed by atoms with Crippen molar-refractivity contribution in [2.45, 2.75) is 5.41 Å². The Bertz CT molecular complexity index is 3040. The van der Waals surface area contributed by atoms with Crippen LogP contribution in [-0.4, -0.2) is 9.13 Å². The highest BCUT2D eigenvalue weighted by Gasteiger charge is 2.38. The summed E-state index contributed by atoms with van der Waals surface area (Å²) >= 11 is 0. The second-order valence-corrected chi connectivity index (χ2v) is 14.9. The third kappa shape index (κ3) is 5.18. The van der Waals surface area contributed by atoms with Gasteiger partial charge in [0.25, 0.3) is 0 Å². The van der Waals surface area contributed by atoms with E-state index in [1.54, 1.807) is 0 Å². The summed E-state index contributed by atoms with van der Waals surface area (Å²) in [5.41, 5.74) is 13.9. The first kappa shape index (κ1) is 33.0. The predicted octanol–water partition coefficient (Wildman–Crippen LogP) is 13.9. The first-order valence-electron chi connectivity index (χ1n) is 19.7. The van der Waals surface area contributed by atoms with Gasteiger partial charge in [-0.3, -0.25) is 0 Å². The summed E-state index contributed by atoms with van der Waals surface area (Å²) in [4.78, 5) is 0. The standard InChI is InChI=1S/C55H38N2/c1-4-16-41(17-5-1)55(42-18-6-2-7-19-42,43-20-8-3-9-21-43)44-32-37-54-50(38-44)49-24-12-15-27-53(49)57(54)46-35-30-40(31-36-46)39-28-33-45(34-29-39)56-51-25-13-10-22-47(51)48-23-11-14-26-52(48)56/h1-38H. The summed E-state index contributed by atoms with van der Waals surface area (Å²) in [6, 6.07) is 84.2. The Hall–Kier alpha value is -7.42. The zero-order chi connectivity index (χ0) is 37.8. The summed E-state index contributed by atoms with van der Waals surface area (Å²) < 4.78 is 4.79. The van der Waals surface area contributed by atoms with E-state index in [0.717, 1.165) is 11.4 Å². The molecule has 11 aromatic rings. The van der Waals surface area contributed by atoms with E-state index in [1.165, 1.54) is 77.0 Å². The van der Waals surface area contributed by atoms with Crippen molar-refractivity contribution < 1.29 is 0 Å². The number of aromatic nitrogens is 2. The number of hydrogen-bond donors (Lipinski definition) is 0. The summed E-state index contributed by atoms with van der Waals surface area (Å²) in [6.45, 7) is 0. The number of rotatable bonds is 7. The zero-order valence-electron chi connectivity index (χ0n) is 31.3. The molecule has 0 amide bonds. The van der Waals surface area contributed by atoms with Crippen LogP contribution in [0.4, 0.5) is 0 Å². The molecule has 0 N–H and O–H groups in total. The van der Waals surface area contributed by atoms with Gasteiger partial charge in [-0.2, -0.15) is 0 Å². The Morgan fingerprint density at radius 3 is 0.982 bits per heavy atom. The monoisotopic (exact) mass is 726 g/mol. The van der Waals surface area contributed by atoms with Gasteiger partial charge in [0.2, 0.25) is 0 Å². The molecule has 0 aliphatic heterocycles. The minimum absolute atomic E-state index is 0.514. The largest absolute Gasteiger partial charge is 0.309 e. The molecule has 2 nitrogen and oxygen atoms in total. The normalized spacial score (nSPS) is 11.9. The molecule has 57 heavy (non-hydrogen) atoms. The molecule has 0 fully saturated rings. The molecule has 268 valence electrons. The van der Waals surface area contributed by atoms with Crippen molar-refractivity contribution in [3.05, 3.63) is 253 Å². The van der Waals surface area contributed by atoms with Crippen molar-refractivity contribution in [3.63, 3.8) is 0 Å². The summed E-state index contributed by atoms with van der Waals surface area (Å²) in [5, 5.41) is 5.02. The van der Waals surface area contributed by atoms with E-state index in [2.05, 4.69) is 240 Å². The molecule has 0 atom stereocenters. The lowest BCUT2D eigenvalue weighted by molar-refractivity contribution is 0.746. The maximum Gasteiger partial charge on any atom is 0.0701 e. The Balaban J connectivity index is 1.02. The molecule has 0 saturated carbocycles. The second kappa shape index (κ2) is 13.4. The molecule has 0 unspecified atom stereocenters. The van der Waals surface area contributed by atoms with Gasteiger partial charge in [0, 0.05) is 32.9 Å². The molecule has 11 rings (SSSR count). The minimum atomic E-state index is -0.514. The van der Waals surface area contributed by atoms with E-state index < -0.39 is 5.41 Å². The van der Waals surface area contributed by atoms with Gasteiger partial charge in [0.15, 0.2) is 0 Å². The Morgan fingerprint density at radius 1 is 0.246 bits per heavy atom. The quantitative estimate of drug-likeness (QED) is 0.145. The van der Waals surface area contributed by atoms with Crippen LogP contribution in [0, 0.1) is 0 Å². The average Bonchev–Trinajstić information content (AvgIpc) is 3.81. The maximum absolute atomic E-state index is 2.44. The van der Waals surface area contributed by atoms with Crippen LogP contribution in [0.25, 0.3) is 66.1 Å². The number of fused-ring (bicyclic) bond motifs is 6. The molecule has 0 saturated heterocycles. The van der Waals surface area contributed by atoms with Crippen LogP contribution in [0.2, 0.25) is 0 Å². The van der Waals surface area contributed by atoms with E-state index in [4.69, 9.17) is 0 Å². The van der Waals surface area contributed by atoms with Gasteiger partial charge in [-0.15, -0.1) is 0 Å². The lowest BCUT2D eigenvalue weighted by Crippen LogP contribution is -2.30. The fourth-order valence-corrected chi connectivity index (χ4v) is 9.36. The molecule has 0 spiro atoms. The summed E-state index contributed by atoms with van der Waals surface area (Å²) in [6.07, 6.45) is 0. The third-order valence-electron chi connectivity index (χ3n) is 11.9. The lowest BCUT2D eigenvalue weighted by Gasteiger charge is -2.37. The van der Waals surface area contributed by atoms with Crippen LogP contribution in [0.3, 0.4) is 0 Å². The number of hydrogen-bond acceptors (Lipinski definition) is 0. The van der Waals surface area contributed by atoms with Crippen molar-refractivity contribution in [1.29, 1.82) is 0 Å². The third-order valence-corrected chi connectivity index (χ3v) is 11.9. The first-order chi connectivity index (χ1) is 28.3. The van der Waals surface area contributed by atoms with Gasteiger partial charge in [-0.05, 0) is 88.0 Å². The lowest BCUT2D eigenvalue weighted by atomic mass is 9.65. The predicted molar refractivity (Wildman–Crippen MR) is 239 cm³/mol. The zero-order valence-corrected chi connectivity index (χ0v) is 31.3. The van der Waals surface area contributed by atoms with Gasteiger partial charge in [-0.1, -0.05) is 176 Å². The Labute approximate surface area is 332 Å². The molecule has 0 bridgehead atoms. The van der Waals surface area contributed by atoms with Crippen molar-refractivity contribution in [2.24, 2.45) is 0 Å². The van der Waals surface area contributed by atoms with Gasteiger partial charge < -0.3 is 9.13 Å². The number of para-hydroxylation sites is 3. The van der Waals surface area contributed by atoms with E-state index >= 15 is 0 Å². The molecule has 2 heterocycles. The van der Waals surface area contributed by atoms with Gasteiger partial charge in [-0.25, -0.2) is 0 Å². The minimum Gasteiger partial charge on any atom is -0.309 e. The molecule has 2 heteroatoms. The highest BCUT2D eigenvalue weighted by atomic mass is 15.0. The molecular weight excluding hydrogens is 689 g/mol. The van der Waals surface area contributed by atoms with Crippen LogP contribution >= 0.6 is 0 Å². The fraction of sp³-hybridized carbons (Fsp3) is 0.0182. The fourth-order valence-electron chi connectivity index (χ4n) is 9.36. The number of benzene rings is 9. The first-order valence-corrected chi connectivity index (χ1v) is 19.7. The maximum atomic E-state index is 2.44. The van der Waals surface area contributed by atoms with Crippen LogP contribution in [0.5, 0.6) is 0 Å².